The van der Waals surface area contributed by atoms with Crippen molar-refractivity contribution in [3.05, 3.63) is 65.2 Å². The number of nitrogens with zero attached hydrogens (tertiary/aromatic N) is 1. The van der Waals surface area contributed by atoms with Crippen molar-refractivity contribution in [3.8, 4) is 11.5 Å². The Labute approximate surface area is 180 Å². The van der Waals surface area contributed by atoms with Gasteiger partial charge in [0.25, 0.3) is 11.7 Å². The molecule has 0 radical (unpaired) electrons. The van der Waals surface area contributed by atoms with Crippen molar-refractivity contribution in [1.82, 2.24) is 4.90 Å². The highest BCUT2D eigenvalue weighted by atomic mass is 16.5. The highest BCUT2D eigenvalue weighted by Crippen LogP contribution is 2.42. The van der Waals surface area contributed by atoms with Crippen molar-refractivity contribution in [2.45, 2.75) is 25.0 Å². The SMILES string of the molecule is COc1ccc(C2/C(=C(\O)c3ccccc3)C(=O)C(=O)N2CC2CCCO2)cc1OC. The summed E-state index contributed by atoms with van der Waals surface area (Å²) in [6.45, 7) is 0.911. The molecular formula is C24H25NO6. The van der Waals surface area contributed by atoms with Crippen LogP contribution in [0.3, 0.4) is 0 Å². The second-order valence-corrected chi connectivity index (χ2v) is 7.57. The van der Waals surface area contributed by atoms with E-state index >= 15 is 0 Å². The first-order valence-corrected chi connectivity index (χ1v) is 10.2. The monoisotopic (exact) mass is 423 g/mol. The molecule has 162 valence electrons. The lowest BCUT2D eigenvalue weighted by molar-refractivity contribution is -0.140. The Kier molecular flexibility index (Phi) is 5.95. The lowest BCUT2D eigenvalue weighted by Crippen LogP contribution is -2.36. The third-order valence-electron chi connectivity index (χ3n) is 5.73. The number of methoxy groups -OCH3 is 2. The number of hydrogen-bond donors (Lipinski definition) is 1. The summed E-state index contributed by atoms with van der Waals surface area (Å²) in [7, 11) is 3.06. The summed E-state index contributed by atoms with van der Waals surface area (Å²) in [6.07, 6.45) is 1.59. The third kappa shape index (κ3) is 3.88. The van der Waals surface area contributed by atoms with Crippen LogP contribution in [0.15, 0.2) is 54.1 Å². The molecular weight excluding hydrogens is 398 g/mol. The number of benzene rings is 2. The van der Waals surface area contributed by atoms with Gasteiger partial charge in [-0.2, -0.15) is 0 Å². The van der Waals surface area contributed by atoms with Gasteiger partial charge in [-0.25, -0.2) is 0 Å². The average molecular weight is 423 g/mol. The number of ether oxygens (including phenoxy) is 3. The van der Waals surface area contributed by atoms with Gasteiger partial charge in [-0.1, -0.05) is 36.4 Å². The zero-order chi connectivity index (χ0) is 22.0. The number of carbonyl (C=O) groups excluding carboxylic acids is 2. The Morgan fingerprint density at radius 1 is 1.10 bits per heavy atom. The van der Waals surface area contributed by atoms with Crippen molar-refractivity contribution in [1.29, 1.82) is 0 Å². The van der Waals surface area contributed by atoms with Crippen LogP contribution in [0.4, 0.5) is 0 Å². The Morgan fingerprint density at radius 3 is 2.48 bits per heavy atom. The molecule has 0 aliphatic carbocycles. The van der Waals surface area contributed by atoms with Gasteiger partial charge >= 0.3 is 0 Å². The summed E-state index contributed by atoms with van der Waals surface area (Å²) in [5.74, 6) is -0.548. The first-order valence-electron chi connectivity index (χ1n) is 10.2. The van der Waals surface area contributed by atoms with Crippen molar-refractivity contribution in [2.75, 3.05) is 27.4 Å². The average Bonchev–Trinajstić information content (AvgIpc) is 3.41. The number of aliphatic hydroxyl groups is 1. The number of rotatable bonds is 6. The molecule has 2 unspecified atom stereocenters. The van der Waals surface area contributed by atoms with Gasteiger partial charge in [0.1, 0.15) is 5.76 Å². The van der Waals surface area contributed by atoms with Crippen molar-refractivity contribution in [2.24, 2.45) is 0 Å². The molecule has 2 atom stereocenters. The zero-order valence-electron chi connectivity index (χ0n) is 17.5. The molecule has 2 fully saturated rings. The Hall–Kier alpha value is -3.32. The second kappa shape index (κ2) is 8.81. The van der Waals surface area contributed by atoms with Crippen LogP contribution in [0.25, 0.3) is 5.76 Å². The van der Waals surface area contributed by atoms with Gasteiger partial charge in [0, 0.05) is 18.7 Å². The smallest absolute Gasteiger partial charge is 0.295 e. The Balaban J connectivity index is 1.85. The fourth-order valence-electron chi connectivity index (χ4n) is 4.20. The minimum absolute atomic E-state index is 0.0569. The Bertz CT molecular complexity index is 1010. The molecule has 2 aromatic rings. The largest absolute Gasteiger partial charge is 0.507 e. The van der Waals surface area contributed by atoms with Crippen LogP contribution in [-0.4, -0.2) is 55.2 Å². The van der Waals surface area contributed by atoms with E-state index in [9.17, 15) is 14.7 Å². The standard InChI is InChI=1S/C24H25NO6/c1-29-18-11-10-16(13-19(18)30-2)21-20(22(26)15-7-4-3-5-8-15)23(27)24(28)25(21)14-17-9-6-12-31-17/h3-5,7-8,10-11,13,17,21,26H,6,9,12,14H2,1-2H3/b22-20+. The first-order chi connectivity index (χ1) is 15.0. The van der Waals surface area contributed by atoms with Gasteiger partial charge in [0.15, 0.2) is 11.5 Å². The molecule has 2 saturated heterocycles. The predicted octanol–water partition coefficient (Wildman–Crippen LogP) is 3.30. The number of hydrogen-bond acceptors (Lipinski definition) is 6. The van der Waals surface area contributed by atoms with Crippen LogP contribution < -0.4 is 9.47 Å². The molecule has 0 aromatic heterocycles. The van der Waals surface area contributed by atoms with Gasteiger partial charge in [-0.05, 0) is 30.5 Å². The highest BCUT2D eigenvalue weighted by Gasteiger charge is 2.47. The van der Waals surface area contributed by atoms with E-state index in [-0.39, 0.29) is 24.0 Å². The number of amides is 1. The van der Waals surface area contributed by atoms with E-state index in [1.54, 1.807) is 42.5 Å². The number of ketones is 1. The molecule has 7 heteroatoms. The summed E-state index contributed by atoms with van der Waals surface area (Å²) < 4.78 is 16.5. The molecule has 1 N–H and O–H groups in total. The lowest BCUT2D eigenvalue weighted by Gasteiger charge is -2.28. The van der Waals surface area contributed by atoms with Crippen LogP contribution in [0.1, 0.15) is 30.0 Å². The van der Waals surface area contributed by atoms with E-state index in [0.717, 1.165) is 12.8 Å². The minimum atomic E-state index is -0.760. The fraction of sp³-hybridized carbons (Fsp3) is 0.333. The maximum atomic E-state index is 13.1. The first kappa shape index (κ1) is 20.9. The molecule has 2 aliphatic heterocycles. The topological polar surface area (TPSA) is 85.3 Å². The summed E-state index contributed by atoms with van der Waals surface area (Å²) in [5, 5.41) is 11.0. The van der Waals surface area contributed by atoms with Gasteiger partial charge in [-0.3, -0.25) is 9.59 Å². The van der Waals surface area contributed by atoms with Crippen LogP contribution in [-0.2, 0) is 14.3 Å². The molecule has 2 aliphatic rings. The lowest BCUT2D eigenvalue weighted by atomic mass is 9.95. The fourth-order valence-corrected chi connectivity index (χ4v) is 4.20. The maximum absolute atomic E-state index is 13.1. The number of likely N-dealkylation sites (tertiary alicyclic amines) is 1. The third-order valence-corrected chi connectivity index (χ3v) is 5.73. The van der Waals surface area contributed by atoms with Gasteiger partial charge < -0.3 is 24.2 Å². The van der Waals surface area contributed by atoms with E-state index in [2.05, 4.69) is 0 Å². The van der Waals surface area contributed by atoms with Crippen molar-refractivity contribution in [3.63, 3.8) is 0 Å². The van der Waals surface area contributed by atoms with E-state index in [4.69, 9.17) is 14.2 Å². The van der Waals surface area contributed by atoms with E-state index in [1.807, 2.05) is 6.07 Å². The van der Waals surface area contributed by atoms with Gasteiger partial charge in [-0.15, -0.1) is 0 Å². The molecule has 7 nitrogen and oxygen atoms in total. The molecule has 1 amide bonds. The minimum Gasteiger partial charge on any atom is -0.507 e. The molecule has 31 heavy (non-hydrogen) atoms. The summed E-state index contributed by atoms with van der Waals surface area (Å²) in [6, 6.07) is 13.2. The summed E-state index contributed by atoms with van der Waals surface area (Å²) >= 11 is 0. The van der Waals surface area contributed by atoms with Gasteiger partial charge in [0.2, 0.25) is 0 Å². The maximum Gasteiger partial charge on any atom is 0.295 e. The van der Waals surface area contributed by atoms with Crippen LogP contribution >= 0.6 is 0 Å². The zero-order valence-corrected chi connectivity index (χ0v) is 17.5. The normalized spacial score (nSPS) is 22.7. The molecule has 0 bridgehead atoms. The van der Waals surface area contributed by atoms with E-state index in [0.29, 0.717) is 29.2 Å². The van der Waals surface area contributed by atoms with Crippen molar-refractivity contribution >= 4 is 17.4 Å². The predicted molar refractivity (Wildman–Crippen MR) is 114 cm³/mol. The second-order valence-electron chi connectivity index (χ2n) is 7.57. The molecule has 2 heterocycles. The van der Waals surface area contributed by atoms with Crippen LogP contribution in [0.2, 0.25) is 0 Å². The van der Waals surface area contributed by atoms with E-state index in [1.165, 1.54) is 19.1 Å². The van der Waals surface area contributed by atoms with Gasteiger partial charge in [0.05, 0.1) is 31.9 Å². The summed E-state index contributed by atoms with van der Waals surface area (Å²) in [5.41, 5.74) is 1.18. The molecule has 0 spiro atoms. The van der Waals surface area contributed by atoms with Crippen LogP contribution in [0, 0.1) is 0 Å². The molecule has 0 saturated carbocycles. The Morgan fingerprint density at radius 2 is 1.84 bits per heavy atom. The number of Topliss-reactive ketones (excluding diaryl/α,β-unsaturated/α-hetero) is 1. The quantitative estimate of drug-likeness (QED) is 0.436. The molecule has 2 aromatic carbocycles. The van der Waals surface area contributed by atoms with Crippen molar-refractivity contribution < 1.29 is 28.9 Å². The number of carbonyl (C=O) groups is 2. The highest BCUT2D eigenvalue weighted by molar-refractivity contribution is 6.46. The molecule has 4 rings (SSSR count). The number of aliphatic hydroxyl groups excluding tert-OH is 1. The van der Waals surface area contributed by atoms with Crippen LogP contribution in [0.5, 0.6) is 11.5 Å². The van der Waals surface area contributed by atoms with E-state index < -0.39 is 17.7 Å². The summed E-state index contributed by atoms with van der Waals surface area (Å²) in [4.78, 5) is 27.6.